The quantitative estimate of drug-likeness (QED) is 0.753. The highest BCUT2D eigenvalue weighted by molar-refractivity contribution is 5.05. The van der Waals surface area contributed by atoms with Gasteiger partial charge >= 0.3 is 0 Å². The van der Waals surface area contributed by atoms with Gasteiger partial charge < -0.3 is 5.73 Å². The van der Waals surface area contributed by atoms with Crippen LogP contribution < -0.4 is 5.73 Å². The first-order valence-electron chi connectivity index (χ1n) is 6.12. The molecule has 4 rings (SSSR count). The van der Waals surface area contributed by atoms with Crippen LogP contribution in [0.5, 0.6) is 0 Å². The zero-order valence-electron chi connectivity index (χ0n) is 8.96. The molecular formula is C12H19F2N. The van der Waals surface area contributed by atoms with Gasteiger partial charge in [-0.15, -0.1) is 0 Å². The minimum atomic E-state index is -2.10. The van der Waals surface area contributed by atoms with Crippen LogP contribution >= 0.6 is 0 Å². The van der Waals surface area contributed by atoms with E-state index in [4.69, 9.17) is 5.73 Å². The lowest BCUT2D eigenvalue weighted by molar-refractivity contribution is -0.137. The highest BCUT2D eigenvalue weighted by Gasteiger charge is 2.56. The molecule has 4 fully saturated rings. The van der Waals surface area contributed by atoms with Gasteiger partial charge in [0, 0.05) is 5.92 Å². The fourth-order valence-corrected chi connectivity index (χ4v) is 4.89. The van der Waals surface area contributed by atoms with Gasteiger partial charge in [-0.3, -0.25) is 0 Å². The van der Waals surface area contributed by atoms with E-state index in [-0.39, 0.29) is 23.2 Å². The van der Waals surface area contributed by atoms with E-state index in [9.17, 15) is 8.78 Å². The van der Waals surface area contributed by atoms with E-state index in [1.54, 1.807) is 0 Å². The van der Waals surface area contributed by atoms with Gasteiger partial charge in [0.05, 0.1) is 0 Å². The third-order valence-corrected chi connectivity index (χ3v) is 5.20. The Hall–Kier alpha value is -0.180. The second kappa shape index (κ2) is 3.16. The van der Waals surface area contributed by atoms with Crippen LogP contribution in [-0.4, -0.2) is 13.0 Å². The van der Waals surface area contributed by atoms with Crippen molar-refractivity contribution in [2.45, 2.75) is 38.5 Å². The van der Waals surface area contributed by atoms with E-state index >= 15 is 0 Å². The van der Waals surface area contributed by atoms with Gasteiger partial charge in [-0.2, -0.15) is 0 Å². The lowest BCUT2D eigenvalue weighted by atomic mass is 9.46. The van der Waals surface area contributed by atoms with Gasteiger partial charge in [0.1, 0.15) is 0 Å². The molecule has 4 aliphatic carbocycles. The molecule has 0 heterocycles. The molecule has 4 bridgehead atoms. The van der Waals surface area contributed by atoms with Crippen LogP contribution in [0.3, 0.4) is 0 Å². The third-order valence-electron chi connectivity index (χ3n) is 5.20. The first-order valence-corrected chi connectivity index (χ1v) is 6.12. The molecule has 4 saturated carbocycles. The molecule has 1 nitrogen and oxygen atoms in total. The van der Waals surface area contributed by atoms with Crippen molar-refractivity contribution >= 4 is 0 Å². The SMILES string of the molecule is NCC12CC3CC(C1)C(C(F)F)C(C3)C2. The highest BCUT2D eigenvalue weighted by atomic mass is 19.3. The number of halogens is 2. The molecule has 2 atom stereocenters. The van der Waals surface area contributed by atoms with E-state index in [1.165, 1.54) is 6.42 Å². The number of hydrogen-bond donors (Lipinski definition) is 1. The minimum absolute atomic E-state index is 0.252. The van der Waals surface area contributed by atoms with E-state index in [1.807, 2.05) is 0 Å². The van der Waals surface area contributed by atoms with Crippen LogP contribution in [0.2, 0.25) is 0 Å². The summed E-state index contributed by atoms with van der Waals surface area (Å²) in [7, 11) is 0. The van der Waals surface area contributed by atoms with Gasteiger partial charge in [0.2, 0.25) is 6.43 Å². The third kappa shape index (κ3) is 1.35. The Morgan fingerprint density at radius 1 is 1.13 bits per heavy atom. The van der Waals surface area contributed by atoms with Crippen molar-refractivity contribution in [1.82, 2.24) is 0 Å². The molecule has 0 saturated heterocycles. The van der Waals surface area contributed by atoms with Crippen LogP contribution in [0.1, 0.15) is 32.1 Å². The van der Waals surface area contributed by atoms with E-state index < -0.39 is 6.43 Å². The largest absolute Gasteiger partial charge is 0.330 e. The summed E-state index contributed by atoms with van der Waals surface area (Å²) in [6.07, 6.45) is 3.17. The molecule has 2 unspecified atom stereocenters. The number of alkyl halides is 2. The number of nitrogens with two attached hydrogens (primary N) is 1. The van der Waals surface area contributed by atoms with Crippen molar-refractivity contribution in [3.63, 3.8) is 0 Å². The molecule has 15 heavy (non-hydrogen) atoms. The molecule has 0 aliphatic heterocycles. The average Bonchev–Trinajstić information content (AvgIpc) is 2.15. The van der Waals surface area contributed by atoms with Crippen molar-refractivity contribution in [2.75, 3.05) is 6.54 Å². The normalized spacial score (nSPS) is 52.8. The molecule has 0 spiro atoms. The Labute approximate surface area is 89.4 Å². The fourth-order valence-electron chi connectivity index (χ4n) is 4.89. The Morgan fingerprint density at radius 2 is 1.73 bits per heavy atom. The smallest absolute Gasteiger partial charge is 0.241 e. The zero-order valence-corrected chi connectivity index (χ0v) is 8.96. The van der Waals surface area contributed by atoms with E-state index in [0.717, 1.165) is 25.7 Å². The van der Waals surface area contributed by atoms with Gasteiger partial charge in [-0.25, -0.2) is 8.78 Å². The first-order chi connectivity index (χ1) is 7.13. The number of hydrogen-bond acceptors (Lipinski definition) is 1. The Bertz CT molecular complexity index is 250. The first kappa shape index (κ1) is 10.0. The monoisotopic (exact) mass is 215 g/mol. The van der Waals surface area contributed by atoms with Crippen molar-refractivity contribution in [2.24, 2.45) is 34.8 Å². The molecule has 86 valence electrons. The van der Waals surface area contributed by atoms with Crippen LogP contribution in [0.4, 0.5) is 8.78 Å². The van der Waals surface area contributed by atoms with Crippen molar-refractivity contribution in [3.05, 3.63) is 0 Å². The van der Waals surface area contributed by atoms with Gasteiger partial charge in [0.25, 0.3) is 0 Å². The Balaban J connectivity index is 1.88. The summed E-state index contributed by atoms with van der Waals surface area (Å²) in [5.41, 5.74) is 6.11. The summed E-state index contributed by atoms with van der Waals surface area (Å²) < 4.78 is 26.0. The molecule has 0 aromatic carbocycles. The topological polar surface area (TPSA) is 26.0 Å². The molecule has 4 aliphatic rings. The molecule has 0 radical (unpaired) electrons. The molecule has 0 aromatic rings. The maximum Gasteiger partial charge on any atom is 0.241 e. The van der Waals surface area contributed by atoms with Crippen molar-refractivity contribution < 1.29 is 8.78 Å². The van der Waals surface area contributed by atoms with Crippen LogP contribution in [0, 0.1) is 29.1 Å². The predicted octanol–water partition coefficient (Wildman–Crippen LogP) is 2.65. The van der Waals surface area contributed by atoms with Gasteiger partial charge in [-0.05, 0) is 61.8 Å². The second-order valence-electron chi connectivity index (χ2n) is 6.09. The Kier molecular flexibility index (Phi) is 2.11. The number of rotatable bonds is 2. The molecule has 2 N–H and O–H groups in total. The predicted molar refractivity (Wildman–Crippen MR) is 54.5 cm³/mol. The summed E-state index contributed by atoms with van der Waals surface area (Å²) in [5, 5.41) is 0. The maximum absolute atomic E-state index is 13.0. The van der Waals surface area contributed by atoms with Gasteiger partial charge in [-0.1, -0.05) is 0 Å². The van der Waals surface area contributed by atoms with Crippen LogP contribution in [-0.2, 0) is 0 Å². The molecular weight excluding hydrogens is 196 g/mol. The summed E-state index contributed by atoms with van der Waals surface area (Å²) in [6, 6.07) is 0. The van der Waals surface area contributed by atoms with Crippen molar-refractivity contribution in [3.8, 4) is 0 Å². The zero-order chi connectivity index (χ0) is 10.6. The lowest BCUT2D eigenvalue weighted by Gasteiger charge is -2.59. The Morgan fingerprint density at radius 3 is 2.20 bits per heavy atom. The fraction of sp³-hybridized carbons (Fsp3) is 1.00. The molecule has 0 aromatic heterocycles. The summed E-state index contributed by atoms with van der Waals surface area (Å²) in [4.78, 5) is 0. The molecule has 0 amide bonds. The lowest BCUT2D eigenvalue weighted by Crippen LogP contribution is -2.55. The van der Waals surface area contributed by atoms with E-state index in [0.29, 0.717) is 12.5 Å². The summed E-state index contributed by atoms with van der Waals surface area (Å²) >= 11 is 0. The van der Waals surface area contributed by atoms with E-state index in [2.05, 4.69) is 0 Å². The van der Waals surface area contributed by atoms with Crippen LogP contribution in [0.25, 0.3) is 0 Å². The van der Waals surface area contributed by atoms with Crippen LogP contribution in [0.15, 0.2) is 0 Å². The summed E-state index contributed by atoms with van der Waals surface area (Å²) in [6.45, 7) is 0.715. The standard InChI is InChI=1S/C12H19F2N/c13-11(14)10-8-1-7-2-9(10)5-12(3-7,4-8)6-15/h7-11H,1-6,15H2. The second-order valence-corrected chi connectivity index (χ2v) is 6.09. The van der Waals surface area contributed by atoms with Crippen molar-refractivity contribution in [1.29, 1.82) is 0 Å². The summed E-state index contributed by atoms with van der Waals surface area (Å²) in [5.74, 6) is 0.960. The maximum atomic E-state index is 13.0. The highest BCUT2D eigenvalue weighted by Crippen LogP contribution is 2.62. The van der Waals surface area contributed by atoms with Gasteiger partial charge in [0.15, 0.2) is 0 Å². The minimum Gasteiger partial charge on any atom is -0.330 e. The molecule has 3 heteroatoms. The average molecular weight is 215 g/mol.